The van der Waals surface area contributed by atoms with Gasteiger partial charge < -0.3 is 19.5 Å². The molecule has 1 N–H and O–H groups in total. The number of esters is 2. The van der Waals surface area contributed by atoms with Crippen LogP contribution in [0.5, 0.6) is 5.75 Å². The van der Waals surface area contributed by atoms with E-state index in [9.17, 15) is 14.4 Å². The van der Waals surface area contributed by atoms with E-state index in [2.05, 4.69) is 21.2 Å². The van der Waals surface area contributed by atoms with E-state index < -0.39 is 29.7 Å². The fourth-order valence-corrected chi connectivity index (χ4v) is 5.64. The Morgan fingerprint density at radius 3 is 2.41 bits per heavy atom. The van der Waals surface area contributed by atoms with Crippen LogP contribution in [-0.4, -0.2) is 38.0 Å². The van der Waals surface area contributed by atoms with Gasteiger partial charge in [0, 0.05) is 33.3 Å². The first-order valence-electron chi connectivity index (χ1n) is 12.3. The van der Waals surface area contributed by atoms with Gasteiger partial charge in [0.05, 0.1) is 25.9 Å². The van der Waals surface area contributed by atoms with Crippen molar-refractivity contribution >= 4 is 33.7 Å². The summed E-state index contributed by atoms with van der Waals surface area (Å²) >= 11 is 3.51. The van der Waals surface area contributed by atoms with E-state index in [-0.39, 0.29) is 19.0 Å². The van der Waals surface area contributed by atoms with E-state index in [0.29, 0.717) is 34.7 Å². The van der Waals surface area contributed by atoms with Gasteiger partial charge in [0.1, 0.15) is 11.7 Å². The highest BCUT2D eigenvalue weighted by atomic mass is 79.9. The van der Waals surface area contributed by atoms with Gasteiger partial charge in [0.15, 0.2) is 5.78 Å². The monoisotopic (exact) mass is 567 g/mol. The summed E-state index contributed by atoms with van der Waals surface area (Å²) in [6.45, 7) is 5.62. The molecule has 2 aromatic rings. The number of methoxy groups -OCH3 is 1. The second kappa shape index (κ2) is 11.3. The molecule has 0 radical (unpaired) electrons. The fourth-order valence-electron chi connectivity index (χ4n) is 5.22. The number of nitrogens with one attached hydrogen (secondary N) is 1. The number of hydrogen-bond donors (Lipinski definition) is 1. The predicted octanol–water partition coefficient (Wildman–Crippen LogP) is 5.17. The molecule has 0 saturated carbocycles. The van der Waals surface area contributed by atoms with Crippen LogP contribution in [0.3, 0.4) is 0 Å². The number of Topliss-reactive ketones (excluding diaryl/α,β-unsaturated/α-hetero) is 1. The molecule has 0 saturated heterocycles. The lowest BCUT2D eigenvalue weighted by atomic mass is 9.67. The average molecular weight is 568 g/mol. The summed E-state index contributed by atoms with van der Waals surface area (Å²) in [6.07, 6.45) is 0.385. The van der Waals surface area contributed by atoms with Gasteiger partial charge in [-0.25, -0.2) is 4.79 Å². The summed E-state index contributed by atoms with van der Waals surface area (Å²) < 4.78 is 17.0. The maximum atomic E-state index is 14.3. The Balaban J connectivity index is 1.90. The molecule has 0 bridgehead atoms. The van der Waals surface area contributed by atoms with Gasteiger partial charge in [-0.1, -0.05) is 40.2 Å². The van der Waals surface area contributed by atoms with E-state index in [0.717, 1.165) is 15.6 Å². The van der Waals surface area contributed by atoms with Crippen LogP contribution in [0.25, 0.3) is 0 Å². The highest BCUT2D eigenvalue weighted by Gasteiger charge is 2.49. The highest BCUT2D eigenvalue weighted by Crippen LogP contribution is 2.48. The number of ether oxygens (including phenoxy) is 3. The Kier molecular flexibility index (Phi) is 8.17. The third-order valence-corrected chi connectivity index (χ3v) is 7.25. The van der Waals surface area contributed by atoms with Gasteiger partial charge in [0.25, 0.3) is 0 Å². The van der Waals surface area contributed by atoms with E-state index in [1.807, 2.05) is 55.5 Å². The molecule has 0 fully saturated rings. The molecule has 8 heteroatoms. The van der Waals surface area contributed by atoms with Crippen LogP contribution in [0.2, 0.25) is 0 Å². The van der Waals surface area contributed by atoms with Gasteiger partial charge >= 0.3 is 11.9 Å². The summed E-state index contributed by atoms with van der Waals surface area (Å²) in [7, 11) is 1.57. The molecular weight excluding hydrogens is 538 g/mol. The summed E-state index contributed by atoms with van der Waals surface area (Å²) in [5.74, 6) is -3.03. The van der Waals surface area contributed by atoms with Crippen LogP contribution in [0.1, 0.15) is 50.2 Å². The number of carbonyl (C=O) groups is 3. The third-order valence-electron chi connectivity index (χ3n) is 6.76. The van der Waals surface area contributed by atoms with Crippen LogP contribution >= 0.6 is 15.9 Å². The largest absolute Gasteiger partial charge is 0.497 e. The minimum absolute atomic E-state index is 0.153. The Hall–Kier alpha value is -3.39. The standard InChI is InChI=1S/C29H30BrNO6/c1-5-36-28(33)23-16(3)31-22-15-21(17-9-8-12-20(14-17)35-4)25(29(34)37-6-2)27(32)26(22)24(23)18-10-7-11-19(30)13-18/h7-14,21,24-25,31H,5-6,15H2,1-4H3/t21-,24+,25+/m0/s1. The molecule has 2 aromatic carbocycles. The van der Waals surface area contributed by atoms with Gasteiger partial charge in [-0.15, -0.1) is 0 Å². The van der Waals surface area contributed by atoms with Gasteiger partial charge in [0.2, 0.25) is 0 Å². The molecule has 0 unspecified atom stereocenters. The van der Waals surface area contributed by atoms with E-state index in [1.165, 1.54) is 0 Å². The molecule has 1 heterocycles. The molecule has 3 atom stereocenters. The van der Waals surface area contributed by atoms with Crippen molar-refractivity contribution < 1.29 is 28.6 Å². The lowest BCUT2D eigenvalue weighted by Gasteiger charge is -2.39. The van der Waals surface area contributed by atoms with E-state index in [1.54, 1.807) is 21.0 Å². The van der Waals surface area contributed by atoms with Crippen LogP contribution in [0.4, 0.5) is 0 Å². The van der Waals surface area contributed by atoms with Crippen molar-refractivity contribution in [2.45, 2.75) is 39.0 Å². The number of benzene rings is 2. The van der Waals surface area contributed by atoms with Crippen LogP contribution in [0, 0.1) is 5.92 Å². The summed E-state index contributed by atoms with van der Waals surface area (Å²) in [4.78, 5) is 40.7. The second-order valence-corrected chi connectivity index (χ2v) is 9.86. The Morgan fingerprint density at radius 1 is 1.03 bits per heavy atom. The van der Waals surface area contributed by atoms with Crippen molar-refractivity contribution in [1.29, 1.82) is 0 Å². The van der Waals surface area contributed by atoms with Crippen molar-refractivity contribution in [3.8, 4) is 5.75 Å². The number of carbonyl (C=O) groups excluding carboxylic acids is 3. The molecule has 1 aliphatic carbocycles. The molecule has 0 aromatic heterocycles. The maximum Gasteiger partial charge on any atom is 0.336 e. The zero-order valence-electron chi connectivity index (χ0n) is 21.3. The molecular formula is C29H30BrNO6. The number of ketones is 1. The molecule has 0 amide bonds. The molecule has 0 spiro atoms. The van der Waals surface area contributed by atoms with E-state index in [4.69, 9.17) is 14.2 Å². The summed E-state index contributed by atoms with van der Waals surface area (Å²) in [6, 6.07) is 14.9. The predicted molar refractivity (Wildman–Crippen MR) is 142 cm³/mol. The normalized spacial score (nSPS) is 21.2. The van der Waals surface area contributed by atoms with Crippen molar-refractivity contribution in [1.82, 2.24) is 5.32 Å². The van der Waals surface area contributed by atoms with E-state index >= 15 is 0 Å². The Bertz CT molecular complexity index is 1300. The highest BCUT2D eigenvalue weighted by molar-refractivity contribution is 9.10. The van der Waals surface area contributed by atoms with Crippen LogP contribution < -0.4 is 10.1 Å². The third kappa shape index (κ3) is 5.21. The smallest absolute Gasteiger partial charge is 0.336 e. The number of hydrogen-bond acceptors (Lipinski definition) is 7. The first kappa shape index (κ1) is 26.7. The van der Waals surface area contributed by atoms with Gasteiger partial charge in [-0.2, -0.15) is 0 Å². The summed E-state index contributed by atoms with van der Waals surface area (Å²) in [5.41, 5.74) is 3.61. The lowest BCUT2D eigenvalue weighted by molar-refractivity contribution is -0.152. The molecule has 4 rings (SSSR count). The molecule has 2 aliphatic rings. The van der Waals surface area contributed by atoms with Gasteiger partial charge in [-0.05, 0) is 62.6 Å². The van der Waals surface area contributed by atoms with Crippen molar-refractivity contribution in [2.24, 2.45) is 5.92 Å². The number of halogens is 1. The zero-order valence-corrected chi connectivity index (χ0v) is 22.9. The number of allylic oxidation sites excluding steroid dienone is 3. The maximum absolute atomic E-state index is 14.3. The molecule has 7 nitrogen and oxygen atoms in total. The fraction of sp³-hybridized carbons (Fsp3) is 0.345. The van der Waals surface area contributed by atoms with Gasteiger partial charge in [-0.3, -0.25) is 9.59 Å². The van der Waals surface area contributed by atoms with Crippen LogP contribution in [-0.2, 0) is 23.9 Å². The quantitative estimate of drug-likeness (QED) is 0.364. The minimum atomic E-state index is -1.07. The van der Waals surface area contributed by atoms with Crippen molar-refractivity contribution in [3.63, 3.8) is 0 Å². The first-order chi connectivity index (χ1) is 17.8. The van der Waals surface area contributed by atoms with Crippen molar-refractivity contribution in [2.75, 3.05) is 20.3 Å². The Morgan fingerprint density at radius 2 is 1.73 bits per heavy atom. The Labute approximate surface area is 225 Å². The lowest BCUT2D eigenvalue weighted by Crippen LogP contribution is -2.43. The zero-order chi connectivity index (χ0) is 26.7. The average Bonchev–Trinajstić information content (AvgIpc) is 2.88. The number of dihydropyridines is 1. The molecule has 1 aliphatic heterocycles. The SMILES string of the molecule is CCOC(=O)C1=C(C)NC2=C(C(=O)[C@H](C(=O)OCC)[C@H](c3cccc(OC)c3)C2)[C@@H]1c1cccc(Br)c1. The van der Waals surface area contributed by atoms with Crippen molar-refractivity contribution in [3.05, 3.63) is 86.7 Å². The first-order valence-corrected chi connectivity index (χ1v) is 13.1. The topological polar surface area (TPSA) is 90.9 Å². The molecule has 194 valence electrons. The summed E-state index contributed by atoms with van der Waals surface area (Å²) in [5, 5.41) is 3.31. The number of rotatable bonds is 7. The minimum Gasteiger partial charge on any atom is -0.497 e. The second-order valence-electron chi connectivity index (χ2n) is 8.95. The van der Waals surface area contributed by atoms with Crippen LogP contribution in [0.15, 0.2) is 75.5 Å². The molecule has 37 heavy (non-hydrogen) atoms.